The molecule has 0 spiro atoms. The van der Waals surface area contributed by atoms with Gasteiger partial charge in [0.15, 0.2) is 0 Å². The van der Waals surface area contributed by atoms with Crippen LogP contribution in [0.15, 0.2) is 17.0 Å². The predicted molar refractivity (Wildman–Crippen MR) is 49.6 cm³/mol. The molecule has 88 valence electrons. The van der Waals surface area contributed by atoms with Crippen molar-refractivity contribution in [3.8, 4) is 0 Å². The molecule has 4 nitrogen and oxygen atoms in total. The summed E-state index contributed by atoms with van der Waals surface area (Å²) in [7, 11) is -4.67. The van der Waals surface area contributed by atoms with E-state index in [0.717, 1.165) is 6.07 Å². The highest BCUT2D eigenvalue weighted by Gasteiger charge is 2.28. The fourth-order valence-corrected chi connectivity index (χ4v) is 1.97. The zero-order valence-electron chi connectivity index (χ0n) is 7.98. The third-order valence-electron chi connectivity index (χ3n) is 2.26. The predicted octanol–water partition coefficient (Wildman–Crippen LogP) is 1.15. The van der Waals surface area contributed by atoms with Crippen LogP contribution in [-0.2, 0) is 21.3 Å². The van der Waals surface area contributed by atoms with E-state index in [1.54, 1.807) is 0 Å². The quantitative estimate of drug-likeness (QED) is 0.645. The van der Waals surface area contributed by atoms with Gasteiger partial charge < -0.3 is 4.74 Å². The summed E-state index contributed by atoms with van der Waals surface area (Å²) in [5.41, 5.74) is -0.377. The van der Waals surface area contributed by atoms with Crippen LogP contribution in [0.5, 0.6) is 0 Å². The molecule has 1 aliphatic heterocycles. The van der Waals surface area contributed by atoms with E-state index in [0.29, 0.717) is 12.7 Å². The molecule has 1 heterocycles. The van der Waals surface area contributed by atoms with E-state index in [2.05, 4.69) is 0 Å². The monoisotopic (exact) mass is 250 g/mol. The minimum absolute atomic E-state index is 0.0406. The summed E-state index contributed by atoms with van der Waals surface area (Å²) in [5, 5.41) is 0. The molecule has 0 saturated carbocycles. The Bertz CT molecular complexity index is 523. The van der Waals surface area contributed by atoms with Crippen molar-refractivity contribution in [1.82, 2.24) is 0 Å². The first-order valence-corrected chi connectivity index (χ1v) is 5.89. The van der Waals surface area contributed by atoms with Gasteiger partial charge in [-0.3, -0.25) is 4.55 Å². The SMILES string of the molecule is O=S(=O)(O)c1ccc(F)c(C[C@H]2CO2)c1F. The average Bonchev–Trinajstić information content (AvgIpc) is 2.93. The number of hydrogen-bond acceptors (Lipinski definition) is 3. The Morgan fingerprint density at radius 3 is 2.56 bits per heavy atom. The number of rotatable bonds is 3. The third-order valence-corrected chi connectivity index (χ3v) is 3.13. The van der Waals surface area contributed by atoms with E-state index < -0.39 is 26.6 Å². The van der Waals surface area contributed by atoms with E-state index in [4.69, 9.17) is 9.29 Å². The van der Waals surface area contributed by atoms with Crippen molar-refractivity contribution in [2.24, 2.45) is 0 Å². The second-order valence-electron chi connectivity index (χ2n) is 3.47. The van der Waals surface area contributed by atoms with Gasteiger partial charge in [0.25, 0.3) is 10.1 Å². The maximum absolute atomic E-state index is 13.6. The van der Waals surface area contributed by atoms with E-state index in [-0.39, 0.29) is 18.1 Å². The van der Waals surface area contributed by atoms with Crippen molar-refractivity contribution < 1.29 is 26.5 Å². The lowest BCUT2D eigenvalue weighted by Gasteiger charge is -2.06. The summed E-state index contributed by atoms with van der Waals surface area (Å²) >= 11 is 0. The van der Waals surface area contributed by atoms with Gasteiger partial charge in [0, 0.05) is 12.0 Å². The first kappa shape index (κ1) is 11.4. The Labute approximate surface area is 90.6 Å². The summed E-state index contributed by atoms with van der Waals surface area (Å²) < 4.78 is 61.9. The molecule has 1 aromatic carbocycles. The summed E-state index contributed by atoms with van der Waals surface area (Å²) in [6.45, 7) is 0.398. The van der Waals surface area contributed by atoms with Gasteiger partial charge in [-0.25, -0.2) is 8.78 Å². The van der Waals surface area contributed by atoms with E-state index in [1.807, 2.05) is 0 Å². The maximum atomic E-state index is 13.6. The molecule has 16 heavy (non-hydrogen) atoms. The lowest BCUT2D eigenvalue weighted by molar-refractivity contribution is 0.398. The van der Waals surface area contributed by atoms with E-state index in [9.17, 15) is 17.2 Å². The Kier molecular flexibility index (Phi) is 2.69. The van der Waals surface area contributed by atoms with Gasteiger partial charge in [0.05, 0.1) is 12.7 Å². The highest BCUT2D eigenvalue weighted by atomic mass is 32.2. The molecule has 0 radical (unpaired) electrons. The van der Waals surface area contributed by atoms with Crippen molar-refractivity contribution in [1.29, 1.82) is 0 Å². The molecule has 0 bridgehead atoms. The lowest BCUT2D eigenvalue weighted by Crippen LogP contribution is -2.08. The topological polar surface area (TPSA) is 66.9 Å². The standard InChI is InChI=1S/C9H8F2O4S/c10-7-1-2-8(16(12,13)14)9(11)6(7)3-5-4-15-5/h1-2,5H,3-4H2,(H,12,13,14)/t5-/m0/s1. The van der Waals surface area contributed by atoms with Crippen LogP contribution in [0.2, 0.25) is 0 Å². The first-order chi connectivity index (χ1) is 7.39. The smallest absolute Gasteiger partial charge is 0.297 e. The minimum Gasteiger partial charge on any atom is -0.373 e. The van der Waals surface area contributed by atoms with Crippen LogP contribution in [0, 0.1) is 11.6 Å². The molecule has 1 aliphatic rings. The van der Waals surface area contributed by atoms with Gasteiger partial charge in [-0.05, 0) is 12.1 Å². The van der Waals surface area contributed by atoms with Crippen LogP contribution in [0.4, 0.5) is 8.78 Å². The number of epoxide rings is 1. The van der Waals surface area contributed by atoms with E-state index >= 15 is 0 Å². The number of benzene rings is 1. The van der Waals surface area contributed by atoms with Crippen LogP contribution < -0.4 is 0 Å². The fraction of sp³-hybridized carbons (Fsp3) is 0.333. The van der Waals surface area contributed by atoms with E-state index in [1.165, 1.54) is 0 Å². The van der Waals surface area contributed by atoms with Crippen molar-refractivity contribution in [3.63, 3.8) is 0 Å². The molecule has 1 aromatic rings. The largest absolute Gasteiger partial charge is 0.373 e. The second kappa shape index (κ2) is 3.76. The van der Waals surface area contributed by atoms with Crippen LogP contribution in [0.3, 0.4) is 0 Å². The van der Waals surface area contributed by atoms with Crippen LogP contribution in [0.25, 0.3) is 0 Å². The average molecular weight is 250 g/mol. The zero-order chi connectivity index (χ0) is 11.9. The molecule has 0 aromatic heterocycles. The fourth-order valence-electron chi connectivity index (χ4n) is 1.38. The summed E-state index contributed by atoms with van der Waals surface area (Å²) in [5.74, 6) is -2.10. The molecule has 1 fully saturated rings. The van der Waals surface area contributed by atoms with Gasteiger partial charge in [0.2, 0.25) is 0 Å². The Balaban J connectivity index is 2.49. The zero-order valence-corrected chi connectivity index (χ0v) is 8.80. The molecule has 0 amide bonds. The summed E-state index contributed by atoms with van der Waals surface area (Å²) in [6.07, 6.45) is -0.318. The Hall–Kier alpha value is -1.05. The number of hydrogen-bond donors (Lipinski definition) is 1. The van der Waals surface area contributed by atoms with Crippen molar-refractivity contribution in [2.75, 3.05) is 6.61 Å². The van der Waals surface area contributed by atoms with Crippen LogP contribution in [0.1, 0.15) is 5.56 Å². The molecule has 1 atom stereocenters. The highest BCUT2D eigenvalue weighted by molar-refractivity contribution is 7.85. The van der Waals surface area contributed by atoms with Gasteiger partial charge in [0.1, 0.15) is 16.5 Å². The second-order valence-corrected chi connectivity index (χ2v) is 4.86. The molecule has 0 unspecified atom stereocenters. The number of ether oxygens (including phenoxy) is 1. The maximum Gasteiger partial charge on any atom is 0.297 e. The lowest BCUT2D eigenvalue weighted by atomic mass is 10.1. The number of halogens is 2. The van der Waals surface area contributed by atoms with Crippen molar-refractivity contribution in [3.05, 3.63) is 29.3 Å². The molecule has 1 saturated heterocycles. The molecular weight excluding hydrogens is 242 g/mol. The third kappa shape index (κ3) is 2.21. The minimum atomic E-state index is -4.67. The van der Waals surface area contributed by atoms with Gasteiger partial charge in [-0.2, -0.15) is 8.42 Å². The van der Waals surface area contributed by atoms with Crippen LogP contribution >= 0.6 is 0 Å². The highest BCUT2D eigenvalue weighted by Crippen LogP contribution is 2.25. The molecule has 1 N–H and O–H groups in total. The van der Waals surface area contributed by atoms with Gasteiger partial charge in [-0.1, -0.05) is 0 Å². The van der Waals surface area contributed by atoms with Crippen LogP contribution in [-0.4, -0.2) is 25.7 Å². The normalized spacial score (nSPS) is 19.8. The van der Waals surface area contributed by atoms with Crippen molar-refractivity contribution >= 4 is 10.1 Å². The molecule has 2 rings (SSSR count). The van der Waals surface area contributed by atoms with Gasteiger partial charge >= 0.3 is 0 Å². The molecular formula is C9H8F2O4S. The molecule has 7 heteroatoms. The first-order valence-electron chi connectivity index (χ1n) is 4.45. The van der Waals surface area contributed by atoms with Crippen molar-refractivity contribution in [2.45, 2.75) is 17.4 Å². The summed E-state index contributed by atoms with van der Waals surface area (Å²) in [4.78, 5) is -0.912. The van der Waals surface area contributed by atoms with Gasteiger partial charge in [-0.15, -0.1) is 0 Å². The Morgan fingerprint density at radius 2 is 2.06 bits per heavy atom. The Morgan fingerprint density at radius 1 is 1.44 bits per heavy atom. The molecule has 0 aliphatic carbocycles. The summed E-state index contributed by atoms with van der Waals surface area (Å²) in [6, 6.07) is 1.50.